The first kappa shape index (κ1) is 35.4. The van der Waals surface area contributed by atoms with Gasteiger partial charge in [-0.25, -0.2) is 4.79 Å². The molecule has 0 spiro atoms. The van der Waals surface area contributed by atoms with E-state index in [4.69, 9.17) is 47.6 Å². The van der Waals surface area contributed by atoms with Gasteiger partial charge in [-0.2, -0.15) is 10.2 Å². The molecule has 266 valence electrons. The Bertz CT molecular complexity index is 2270. The maximum absolute atomic E-state index is 13.4. The first-order chi connectivity index (χ1) is 24.7. The van der Waals surface area contributed by atoms with Gasteiger partial charge in [-0.15, -0.1) is 11.8 Å². The summed E-state index contributed by atoms with van der Waals surface area (Å²) >= 11 is 15.4. The van der Waals surface area contributed by atoms with Crippen molar-refractivity contribution in [2.24, 2.45) is 7.05 Å². The van der Waals surface area contributed by atoms with Crippen molar-refractivity contribution in [3.8, 4) is 16.9 Å². The quantitative estimate of drug-likeness (QED) is 0.167. The normalized spacial score (nSPS) is 14.0. The molecule has 0 saturated carbocycles. The number of rotatable bonds is 4. The molecular formula is C39H41Cl2N5O4S. The van der Waals surface area contributed by atoms with Crippen LogP contribution in [0.1, 0.15) is 50.8 Å². The van der Waals surface area contributed by atoms with Crippen molar-refractivity contribution in [2.75, 3.05) is 27.4 Å². The molecule has 0 aliphatic carbocycles. The molecule has 51 heavy (non-hydrogen) atoms. The summed E-state index contributed by atoms with van der Waals surface area (Å²) in [6, 6.07) is 16.4. The third-order valence-corrected chi connectivity index (χ3v) is 11.2. The molecule has 7 rings (SSSR count). The van der Waals surface area contributed by atoms with E-state index in [1.54, 1.807) is 18.9 Å². The van der Waals surface area contributed by atoms with Crippen molar-refractivity contribution in [2.45, 2.75) is 57.7 Å². The van der Waals surface area contributed by atoms with Crippen LogP contribution in [0.25, 0.3) is 32.8 Å². The number of carbonyl (C=O) groups excluding carboxylic acids is 1. The summed E-state index contributed by atoms with van der Waals surface area (Å²) in [6.45, 7) is 6.10. The van der Waals surface area contributed by atoms with Crippen molar-refractivity contribution in [3.63, 3.8) is 0 Å². The number of ether oxygens (including phenoxy) is 3. The van der Waals surface area contributed by atoms with Crippen LogP contribution in [0, 0.1) is 13.8 Å². The lowest BCUT2D eigenvalue weighted by molar-refractivity contribution is 0.0587. The second kappa shape index (κ2) is 14.9. The van der Waals surface area contributed by atoms with Gasteiger partial charge < -0.3 is 18.8 Å². The number of benzene rings is 3. The van der Waals surface area contributed by atoms with Crippen molar-refractivity contribution < 1.29 is 19.0 Å². The number of aryl methyl sites for hydroxylation is 6. The number of hydrogen-bond acceptors (Lipinski definition) is 7. The molecule has 12 heteroatoms. The van der Waals surface area contributed by atoms with Gasteiger partial charge in [0.05, 0.1) is 44.0 Å². The van der Waals surface area contributed by atoms with Crippen LogP contribution in [0.2, 0.25) is 10.0 Å². The molecule has 0 N–H and O–H groups in total. The van der Waals surface area contributed by atoms with E-state index < -0.39 is 5.97 Å². The summed E-state index contributed by atoms with van der Waals surface area (Å²) in [6.07, 6.45) is 2.31. The Morgan fingerprint density at radius 2 is 1.84 bits per heavy atom. The van der Waals surface area contributed by atoms with Gasteiger partial charge in [-0.1, -0.05) is 29.3 Å². The van der Waals surface area contributed by atoms with Crippen LogP contribution in [0.4, 0.5) is 0 Å². The highest BCUT2D eigenvalue weighted by atomic mass is 35.5. The predicted molar refractivity (Wildman–Crippen MR) is 206 cm³/mol. The molecule has 9 nitrogen and oxygen atoms in total. The number of hydrogen-bond donors (Lipinski definition) is 0. The number of carbonyl (C=O) groups is 1. The number of methoxy groups -OCH3 is 2. The maximum Gasteiger partial charge on any atom is 0.354 e. The lowest BCUT2D eigenvalue weighted by Crippen LogP contribution is -2.13. The summed E-state index contributed by atoms with van der Waals surface area (Å²) in [5.74, 6) is 1.84. The predicted octanol–water partition coefficient (Wildman–Crippen LogP) is 8.75. The summed E-state index contributed by atoms with van der Waals surface area (Å²) in [5.41, 5.74) is 9.36. The Hall–Kier alpha value is -3.96. The lowest BCUT2D eigenvalue weighted by atomic mass is 9.97. The van der Waals surface area contributed by atoms with Gasteiger partial charge in [0.15, 0.2) is 0 Å². The summed E-state index contributed by atoms with van der Waals surface area (Å²) < 4.78 is 23.4. The molecule has 8 bridgehead atoms. The third kappa shape index (κ3) is 6.87. The first-order valence-corrected chi connectivity index (χ1v) is 19.0. The Kier molecular flexibility index (Phi) is 10.4. The van der Waals surface area contributed by atoms with Crippen LogP contribution in [0.3, 0.4) is 0 Å². The minimum absolute atomic E-state index is 0.394. The fourth-order valence-electron chi connectivity index (χ4n) is 7.35. The number of nitrogens with zero attached hydrogens (tertiary/aromatic N) is 5. The summed E-state index contributed by atoms with van der Waals surface area (Å²) in [5, 5.41) is 14.1. The maximum atomic E-state index is 13.4. The molecule has 0 atom stereocenters. The lowest BCUT2D eigenvalue weighted by Gasteiger charge is -2.15. The van der Waals surface area contributed by atoms with Gasteiger partial charge in [0.2, 0.25) is 0 Å². The molecule has 4 heterocycles. The van der Waals surface area contributed by atoms with E-state index in [0.29, 0.717) is 54.2 Å². The molecule has 0 saturated heterocycles. The Labute approximate surface area is 311 Å². The number of thioether (sulfide) groups is 1. The SMILES string of the molecule is COCCn1nc(C)c2c1CSCc1cc(n(C)n1)CCc1cc(c3ccc(Cl)cc3c1)OCCCn1c(C(=O)OC)c(C)c3c-2c(Cl)ccc31. The third-order valence-electron chi connectivity index (χ3n) is 9.70. The molecular weight excluding hydrogens is 705 g/mol. The Morgan fingerprint density at radius 3 is 2.65 bits per heavy atom. The highest BCUT2D eigenvalue weighted by Crippen LogP contribution is 2.43. The van der Waals surface area contributed by atoms with Crippen LogP contribution in [-0.4, -0.2) is 57.5 Å². The Balaban J connectivity index is 1.38. The second-order valence-corrected chi connectivity index (χ2v) is 14.8. The topological polar surface area (TPSA) is 85.3 Å². The van der Waals surface area contributed by atoms with Crippen LogP contribution in [0.5, 0.6) is 5.75 Å². The first-order valence-electron chi connectivity index (χ1n) is 17.1. The standard InChI is InChI=1S/C39H41Cl2N5O4S/c1-23-35-32-12-11-31(41)37(35)36-24(2)42-46(14-16-48-4)33(36)22-51-21-28-20-29(44(3)43-28)9-7-25-17-26-19-27(40)8-10-30(26)34(18-25)50-15-6-13-45(32)38(23)39(47)49-5/h8,10-12,17-20H,6-7,9,13-16,21-22H2,1-5H3. The van der Waals surface area contributed by atoms with E-state index in [9.17, 15) is 4.79 Å². The van der Waals surface area contributed by atoms with E-state index in [0.717, 1.165) is 79.8 Å². The highest BCUT2D eigenvalue weighted by molar-refractivity contribution is 7.97. The minimum atomic E-state index is -0.394. The van der Waals surface area contributed by atoms with E-state index in [-0.39, 0.29) is 0 Å². The molecule has 3 aromatic heterocycles. The van der Waals surface area contributed by atoms with E-state index in [1.165, 1.54) is 18.4 Å². The van der Waals surface area contributed by atoms with Gasteiger partial charge in [-0.3, -0.25) is 9.36 Å². The van der Waals surface area contributed by atoms with Crippen molar-refractivity contribution >= 4 is 62.6 Å². The van der Waals surface area contributed by atoms with Gasteiger partial charge in [0.25, 0.3) is 0 Å². The average molecular weight is 747 g/mol. The van der Waals surface area contributed by atoms with E-state index in [1.807, 2.05) is 65.2 Å². The minimum Gasteiger partial charge on any atom is -0.493 e. The molecule has 0 radical (unpaired) electrons. The Morgan fingerprint density at radius 1 is 1.00 bits per heavy atom. The highest BCUT2D eigenvalue weighted by Gasteiger charge is 2.28. The van der Waals surface area contributed by atoms with Gasteiger partial charge >= 0.3 is 5.97 Å². The monoisotopic (exact) mass is 745 g/mol. The summed E-state index contributed by atoms with van der Waals surface area (Å²) in [7, 11) is 5.13. The second-order valence-electron chi connectivity index (χ2n) is 13.0. The van der Waals surface area contributed by atoms with Crippen molar-refractivity contribution in [1.29, 1.82) is 0 Å². The zero-order valence-corrected chi connectivity index (χ0v) is 31.8. The number of fused-ring (bicyclic) bond motifs is 8. The number of esters is 1. The molecule has 0 fully saturated rings. The van der Waals surface area contributed by atoms with Gasteiger partial charge in [0.1, 0.15) is 11.4 Å². The number of aromatic nitrogens is 5. The average Bonchev–Trinajstić information content (AvgIpc) is 3.72. The molecule has 6 aromatic rings. The van der Waals surface area contributed by atoms with Crippen molar-refractivity contribution in [3.05, 3.63) is 98.2 Å². The smallest absolute Gasteiger partial charge is 0.354 e. The van der Waals surface area contributed by atoms with E-state index in [2.05, 4.69) is 18.2 Å². The fraction of sp³-hybridized carbons (Fsp3) is 0.359. The molecule has 0 unspecified atom stereocenters. The zero-order chi connectivity index (χ0) is 35.8. The molecule has 3 aromatic carbocycles. The van der Waals surface area contributed by atoms with Gasteiger partial charge in [0, 0.05) is 75.4 Å². The zero-order valence-electron chi connectivity index (χ0n) is 29.5. The molecule has 0 amide bonds. The number of halogens is 2. The van der Waals surface area contributed by atoms with Crippen molar-refractivity contribution in [1.82, 2.24) is 24.1 Å². The fourth-order valence-corrected chi connectivity index (χ4v) is 8.72. The molecule has 1 aliphatic heterocycles. The van der Waals surface area contributed by atoms with Crippen LogP contribution < -0.4 is 4.74 Å². The van der Waals surface area contributed by atoms with Crippen LogP contribution in [0.15, 0.2) is 48.5 Å². The van der Waals surface area contributed by atoms with Gasteiger partial charge in [-0.05, 0) is 92.1 Å². The molecule has 1 aliphatic rings. The largest absolute Gasteiger partial charge is 0.493 e. The van der Waals surface area contributed by atoms with Crippen LogP contribution >= 0.6 is 35.0 Å². The van der Waals surface area contributed by atoms with E-state index >= 15 is 0 Å². The van der Waals surface area contributed by atoms with Crippen LogP contribution in [-0.2, 0) is 54.0 Å². The summed E-state index contributed by atoms with van der Waals surface area (Å²) in [4.78, 5) is 13.4.